The van der Waals surface area contributed by atoms with Crippen molar-refractivity contribution in [2.75, 3.05) is 0 Å². The highest BCUT2D eigenvalue weighted by molar-refractivity contribution is 7.09. The summed E-state index contributed by atoms with van der Waals surface area (Å²) in [5, 5.41) is 9.90. The van der Waals surface area contributed by atoms with Crippen LogP contribution in [0.25, 0.3) is 0 Å². The average molecular weight is 279 g/mol. The Balaban J connectivity index is 1.95. The number of aromatic nitrogens is 4. The predicted octanol–water partition coefficient (Wildman–Crippen LogP) is 1.48. The minimum Gasteiger partial charge on any atom is -0.346 e. The van der Waals surface area contributed by atoms with Crippen LogP contribution in [0.4, 0.5) is 0 Å². The molecule has 0 spiro atoms. The summed E-state index contributed by atoms with van der Waals surface area (Å²) in [4.78, 5) is 20.4. The number of rotatable bonds is 5. The molecule has 0 aromatic carbocycles. The molecule has 2 rings (SSSR count). The number of hydrogen-bond acceptors (Lipinski definition) is 5. The van der Waals surface area contributed by atoms with Gasteiger partial charge in [0.05, 0.1) is 23.2 Å². The lowest BCUT2D eigenvalue weighted by Crippen LogP contribution is -2.30. The fourth-order valence-corrected chi connectivity index (χ4v) is 2.48. The first kappa shape index (κ1) is 13.7. The fourth-order valence-electron chi connectivity index (χ4n) is 1.86. The van der Waals surface area contributed by atoms with Crippen molar-refractivity contribution in [1.29, 1.82) is 0 Å². The lowest BCUT2D eigenvalue weighted by molar-refractivity contribution is -0.121. The number of carbonyl (C=O) groups excluding carboxylic acids is 1. The Kier molecular flexibility index (Phi) is 4.26. The van der Waals surface area contributed by atoms with Gasteiger partial charge in [-0.2, -0.15) is 5.10 Å². The molecular weight excluding hydrogens is 262 g/mol. The summed E-state index contributed by atoms with van der Waals surface area (Å²) in [5.41, 5.74) is 0.809. The van der Waals surface area contributed by atoms with E-state index < -0.39 is 0 Å². The van der Waals surface area contributed by atoms with Crippen LogP contribution in [0.3, 0.4) is 0 Å². The molecule has 0 aliphatic heterocycles. The largest absolute Gasteiger partial charge is 0.346 e. The van der Waals surface area contributed by atoms with Gasteiger partial charge in [0.15, 0.2) is 0 Å². The van der Waals surface area contributed by atoms with E-state index in [-0.39, 0.29) is 11.9 Å². The Morgan fingerprint density at radius 1 is 1.58 bits per heavy atom. The molecule has 0 saturated heterocycles. The van der Waals surface area contributed by atoms with Crippen LogP contribution in [0.1, 0.15) is 36.4 Å². The molecule has 7 heteroatoms. The molecule has 0 unspecified atom stereocenters. The van der Waals surface area contributed by atoms with Crippen LogP contribution in [-0.4, -0.2) is 25.7 Å². The van der Waals surface area contributed by atoms with Gasteiger partial charge in [0, 0.05) is 11.9 Å². The number of thiazole rings is 1. The van der Waals surface area contributed by atoms with E-state index in [1.165, 1.54) is 6.33 Å². The van der Waals surface area contributed by atoms with E-state index in [1.54, 1.807) is 16.0 Å². The summed E-state index contributed by atoms with van der Waals surface area (Å²) in [5.74, 6) is 0.716. The molecule has 6 nitrogen and oxygen atoms in total. The van der Waals surface area contributed by atoms with Gasteiger partial charge in [-0.3, -0.25) is 4.79 Å². The van der Waals surface area contributed by atoms with Crippen molar-refractivity contribution in [2.45, 2.75) is 39.8 Å². The van der Waals surface area contributed by atoms with Crippen LogP contribution in [0.2, 0.25) is 0 Å². The van der Waals surface area contributed by atoms with E-state index in [9.17, 15) is 4.79 Å². The summed E-state index contributed by atoms with van der Waals surface area (Å²) in [6.07, 6.45) is 1.81. The summed E-state index contributed by atoms with van der Waals surface area (Å²) in [7, 11) is 0. The van der Waals surface area contributed by atoms with Gasteiger partial charge in [-0.15, -0.1) is 11.3 Å². The van der Waals surface area contributed by atoms with Crippen LogP contribution in [0.15, 0.2) is 11.7 Å². The Bertz CT molecular complexity index is 562. The van der Waals surface area contributed by atoms with Gasteiger partial charge in [0.2, 0.25) is 5.91 Å². The molecule has 1 atom stereocenters. The topological polar surface area (TPSA) is 72.7 Å². The molecule has 0 aliphatic carbocycles. The monoisotopic (exact) mass is 279 g/mol. The zero-order chi connectivity index (χ0) is 13.8. The number of amides is 1. The molecular formula is C12H17N5OS. The number of aryl methyl sites for hydroxylation is 2. The smallest absolute Gasteiger partial charge is 0.226 e. The Hall–Kier alpha value is -1.76. The molecule has 0 radical (unpaired) electrons. The van der Waals surface area contributed by atoms with Gasteiger partial charge in [-0.1, -0.05) is 0 Å². The highest BCUT2D eigenvalue weighted by atomic mass is 32.1. The Morgan fingerprint density at radius 2 is 2.37 bits per heavy atom. The average Bonchev–Trinajstić information content (AvgIpc) is 2.97. The van der Waals surface area contributed by atoms with Crippen LogP contribution >= 0.6 is 11.3 Å². The van der Waals surface area contributed by atoms with E-state index >= 15 is 0 Å². The molecule has 0 bridgehead atoms. The molecule has 1 N–H and O–H groups in total. The van der Waals surface area contributed by atoms with Gasteiger partial charge in [0.25, 0.3) is 0 Å². The first-order valence-corrected chi connectivity index (χ1v) is 7.06. The highest BCUT2D eigenvalue weighted by Crippen LogP contribution is 2.11. The van der Waals surface area contributed by atoms with Crippen LogP contribution < -0.4 is 5.32 Å². The van der Waals surface area contributed by atoms with Crippen LogP contribution in [0, 0.1) is 6.92 Å². The SMILES string of the molecule is CCn1ncnc1[C@H](C)NC(=O)Cc1csc(C)n1. The summed E-state index contributed by atoms with van der Waals surface area (Å²) in [6.45, 7) is 6.56. The maximum Gasteiger partial charge on any atom is 0.226 e. The summed E-state index contributed by atoms with van der Waals surface area (Å²) >= 11 is 1.55. The van der Waals surface area contributed by atoms with Gasteiger partial charge < -0.3 is 5.32 Å². The molecule has 1 amide bonds. The summed E-state index contributed by atoms with van der Waals surface area (Å²) in [6, 6.07) is -0.158. The number of hydrogen-bond donors (Lipinski definition) is 1. The molecule has 102 valence electrons. The highest BCUT2D eigenvalue weighted by Gasteiger charge is 2.15. The lowest BCUT2D eigenvalue weighted by Gasteiger charge is -2.13. The zero-order valence-corrected chi connectivity index (χ0v) is 12.1. The second kappa shape index (κ2) is 5.92. The Morgan fingerprint density at radius 3 is 3.00 bits per heavy atom. The van der Waals surface area contributed by atoms with E-state index in [0.29, 0.717) is 6.42 Å². The fraction of sp³-hybridized carbons (Fsp3) is 0.500. The number of carbonyl (C=O) groups is 1. The van der Waals surface area contributed by atoms with Crippen molar-refractivity contribution in [3.8, 4) is 0 Å². The van der Waals surface area contributed by atoms with E-state index in [4.69, 9.17) is 0 Å². The number of nitrogens with zero attached hydrogens (tertiary/aromatic N) is 4. The second-order valence-corrected chi connectivity index (χ2v) is 5.32. The van der Waals surface area contributed by atoms with Gasteiger partial charge in [-0.05, 0) is 20.8 Å². The standard InChI is InChI=1S/C12H17N5OS/c1-4-17-12(13-7-14-17)8(2)15-11(18)5-10-6-19-9(3)16-10/h6-8H,4-5H2,1-3H3,(H,15,18)/t8-/m0/s1. The van der Waals surface area contributed by atoms with Crippen molar-refractivity contribution in [3.05, 3.63) is 28.2 Å². The lowest BCUT2D eigenvalue weighted by atomic mass is 10.2. The van der Waals surface area contributed by atoms with Crippen LogP contribution in [0.5, 0.6) is 0 Å². The van der Waals surface area contributed by atoms with Gasteiger partial charge in [-0.25, -0.2) is 14.6 Å². The van der Waals surface area contributed by atoms with Crippen molar-refractivity contribution in [2.24, 2.45) is 0 Å². The molecule has 2 aromatic heterocycles. The van der Waals surface area contributed by atoms with E-state index in [1.807, 2.05) is 26.2 Å². The quantitative estimate of drug-likeness (QED) is 0.900. The molecule has 0 saturated carbocycles. The van der Waals surface area contributed by atoms with Crippen molar-refractivity contribution < 1.29 is 4.79 Å². The third kappa shape index (κ3) is 3.37. The minimum atomic E-state index is -0.158. The molecule has 2 heterocycles. The van der Waals surface area contributed by atoms with Crippen molar-refractivity contribution in [3.63, 3.8) is 0 Å². The van der Waals surface area contributed by atoms with Gasteiger partial charge in [0.1, 0.15) is 12.2 Å². The van der Waals surface area contributed by atoms with Crippen molar-refractivity contribution in [1.82, 2.24) is 25.1 Å². The van der Waals surface area contributed by atoms with Crippen molar-refractivity contribution >= 4 is 17.2 Å². The van der Waals surface area contributed by atoms with Gasteiger partial charge >= 0.3 is 0 Å². The second-order valence-electron chi connectivity index (χ2n) is 4.26. The third-order valence-corrected chi connectivity index (χ3v) is 3.54. The maximum atomic E-state index is 11.9. The van der Waals surface area contributed by atoms with Crippen LogP contribution in [-0.2, 0) is 17.8 Å². The first-order chi connectivity index (χ1) is 9.10. The van der Waals surface area contributed by atoms with E-state index in [2.05, 4.69) is 20.4 Å². The first-order valence-electron chi connectivity index (χ1n) is 6.18. The zero-order valence-electron chi connectivity index (χ0n) is 11.3. The van der Waals surface area contributed by atoms with E-state index in [0.717, 1.165) is 23.1 Å². The molecule has 2 aromatic rings. The maximum absolute atomic E-state index is 11.9. The minimum absolute atomic E-state index is 0.0524. The molecule has 0 aliphatic rings. The summed E-state index contributed by atoms with van der Waals surface area (Å²) < 4.78 is 1.78. The molecule has 19 heavy (non-hydrogen) atoms. The number of nitrogens with one attached hydrogen (secondary N) is 1. The molecule has 0 fully saturated rings. The Labute approximate surface area is 115 Å². The third-order valence-electron chi connectivity index (χ3n) is 2.72. The normalized spacial score (nSPS) is 12.4. The predicted molar refractivity (Wildman–Crippen MR) is 72.8 cm³/mol.